The van der Waals surface area contributed by atoms with E-state index in [0.29, 0.717) is 12.6 Å². The molecule has 0 aromatic rings. The molecule has 12 heavy (non-hydrogen) atoms. The lowest BCUT2D eigenvalue weighted by atomic mass is 10.4. The Balaban J connectivity index is 3.51. The molecule has 0 saturated carbocycles. The zero-order valence-electron chi connectivity index (χ0n) is 6.97. The quantitative estimate of drug-likeness (QED) is 0.453. The molecule has 0 heterocycles. The molecule has 7 heteroatoms. The highest BCUT2D eigenvalue weighted by molar-refractivity contribution is 14.1. The molecule has 0 bridgehead atoms. The number of hydrogen-bond acceptors (Lipinski definition) is 3. The summed E-state index contributed by atoms with van der Waals surface area (Å²) in [6.45, 7) is 4.53. The van der Waals surface area contributed by atoms with E-state index in [2.05, 4.69) is 27.4 Å². The minimum atomic E-state index is -4.28. The first kappa shape index (κ1) is 12.8. The lowest BCUT2D eigenvalue weighted by Gasteiger charge is -2.17. The number of phosphoric acid groups is 1. The third-order valence-electron chi connectivity index (χ3n) is 1.12. The zero-order chi connectivity index (χ0) is 9.78. The number of nitrogens with zero attached hydrogens (tertiary/aromatic N) is 1. The van der Waals surface area contributed by atoms with Crippen LogP contribution < -0.4 is 0 Å². The highest BCUT2D eigenvalue weighted by Gasteiger charge is 2.14. The Morgan fingerprint density at radius 3 is 2.42 bits per heavy atom. The van der Waals surface area contributed by atoms with Gasteiger partial charge >= 0.3 is 7.82 Å². The summed E-state index contributed by atoms with van der Waals surface area (Å²) >= 11 is 2.08. The van der Waals surface area contributed by atoms with Crippen LogP contribution in [0, 0.1) is 0 Å². The van der Waals surface area contributed by atoms with Crippen LogP contribution in [-0.2, 0) is 9.09 Å². The Hall–Kier alpha value is 0.800. The molecule has 0 radical (unpaired) electrons. The van der Waals surface area contributed by atoms with Crippen molar-refractivity contribution in [3.8, 4) is 0 Å². The predicted octanol–water partition coefficient (Wildman–Crippen LogP) is 1.16. The van der Waals surface area contributed by atoms with Gasteiger partial charge in [-0.05, 0) is 13.8 Å². The average Bonchev–Trinajstić information content (AvgIpc) is 1.84. The van der Waals surface area contributed by atoms with Gasteiger partial charge in [0.15, 0.2) is 0 Å². The molecule has 0 unspecified atom stereocenters. The second-order valence-electron chi connectivity index (χ2n) is 2.54. The van der Waals surface area contributed by atoms with Crippen molar-refractivity contribution in [3.05, 3.63) is 0 Å². The molecule has 0 spiro atoms. The van der Waals surface area contributed by atoms with Gasteiger partial charge in [0.1, 0.15) is 0 Å². The molecule has 0 aliphatic carbocycles. The Morgan fingerprint density at radius 2 is 2.08 bits per heavy atom. The summed E-state index contributed by atoms with van der Waals surface area (Å²) in [4.78, 5) is 16.7. The molecular formula is C5H13INO4P. The monoisotopic (exact) mass is 309 g/mol. The first-order valence-electron chi connectivity index (χ1n) is 3.45. The van der Waals surface area contributed by atoms with Gasteiger partial charge in [0.05, 0.1) is 6.61 Å². The van der Waals surface area contributed by atoms with Gasteiger partial charge in [0.25, 0.3) is 0 Å². The van der Waals surface area contributed by atoms with Gasteiger partial charge in [-0.1, -0.05) is 0 Å². The van der Waals surface area contributed by atoms with Gasteiger partial charge in [0, 0.05) is 35.5 Å². The summed E-state index contributed by atoms with van der Waals surface area (Å²) in [5.74, 6) is 0. The fourth-order valence-corrected chi connectivity index (χ4v) is 1.02. The molecular weight excluding hydrogens is 296 g/mol. The van der Waals surface area contributed by atoms with Crippen LogP contribution >= 0.6 is 30.7 Å². The maximum Gasteiger partial charge on any atom is 0.469 e. The highest BCUT2D eigenvalue weighted by atomic mass is 127. The first-order valence-corrected chi connectivity index (χ1v) is 5.95. The van der Waals surface area contributed by atoms with E-state index in [1.165, 1.54) is 0 Å². The van der Waals surface area contributed by atoms with Gasteiger partial charge in [-0.3, -0.25) is 4.52 Å². The van der Waals surface area contributed by atoms with Crippen LogP contribution in [0.25, 0.3) is 0 Å². The summed E-state index contributed by atoms with van der Waals surface area (Å²) in [6.07, 6.45) is 0. The third-order valence-corrected chi connectivity index (χ3v) is 3.24. The average molecular weight is 309 g/mol. The molecule has 0 aliphatic heterocycles. The normalized spacial score (nSPS) is 12.9. The standard InChI is InChI=1S/C5H13INO4P/c1-5(2)7(6)3-4-11-12(8,9)10/h5H,3-4H2,1-2H3,(H2,8,9,10). The van der Waals surface area contributed by atoms with Crippen molar-refractivity contribution in [1.82, 2.24) is 3.11 Å². The fraction of sp³-hybridized carbons (Fsp3) is 1.00. The van der Waals surface area contributed by atoms with Crippen LogP contribution in [0.2, 0.25) is 0 Å². The van der Waals surface area contributed by atoms with Gasteiger partial charge < -0.3 is 9.79 Å². The van der Waals surface area contributed by atoms with Gasteiger partial charge in [-0.2, -0.15) is 0 Å². The maximum absolute atomic E-state index is 10.2. The van der Waals surface area contributed by atoms with Crippen LogP contribution in [0.3, 0.4) is 0 Å². The van der Waals surface area contributed by atoms with E-state index in [1.54, 1.807) is 0 Å². The van der Waals surface area contributed by atoms with Crippen molar-refractivity contribution >= 4 is 30.7 Å². The fourth-order valence-electron chi connectivity index (χ4n) is 0.505. The third kappa shape index (κ3) is 7.45. The van der Waals surface area contributed by atoms with E-state index in [4.69, 9.17) is 9.79 Å². The van der Waals surface area contributed by atoms with Crippen molar-refractivity contribution in [2.45, 2.75) is 19.9 Å². The number of halogens is 1. The smallest absolute Gasteiger partial charge is 0.303 e. The molecule has 0 saturated heterocycles. The molecule has 0 aromatic heterocycles. The molecule has 74 valence electrons. The minimum Gasteiger partial charge on any atom is -0.303 e. The van der Waals surface area contributed by atoms with Crippen LogP contribution in [0.15, 0.2) is 0 Å². The number of rotatable bonds is 5. The summed E-state index contributed by atoms with van der Waals surface area (Å²) in [7, 11) is -4.28. The van der Waals surface area contributed by atoms with E-state index in [1.807, 2.05) is 17.0 Å². The minimum absolute atomic E-state index is 0.0470. The Morgan fingerprint density at radius 1 is 1.58 bits per heavy atom. The molecule has 2 N–H and O–H groups in total. The summed E-state index contributed by atoms with van der Waals surface area (Å²) in [5, 5.41) is 0. The van der Waals surface area contributed by atoms with Gasteiger partial charge in [-0.25, -0.2) is 7.68 Å². The maximum atomic E-state index is 10.2. The molecule has 5 nitrogen and oxygen atoms in total. The van der Waals surface area contributed by atoms with E-state index < -0.39 is 7.82 Å². The molecule has 0 rings (SSSR count). The van der Waals surface area contributed by atoms with Crippen molar-refractivity contribution in [1.29, 1.82) is 0 Å². The van der Waals surface area contributed by atoms with Crippen molar-refractivity contribution in [2.75, 3.05) is 13.2 Å². The Kier molecular flexibility index (Phi) is 5.88. The number of phosphoric ester groups is 1. The molecule has 0 fully saturated rings. The second-order valence-corrected chi connectivity index (χ2v) is 5.02. The van der Waals surface area contributed by atoms with E-state index in [9.17, 15) is 4.57 Å². The number of hydrogen-bond donors (Lipinski definition) is 2. The lowest BCUT2D eigenvalue weighted by molar-refractivity contribution is 0.186. The SMILES string of the molecule is CC(C)N(I)CCOP(=O)(O)O. The summed E-state index contributed by atoms with van der Waals surface area (Å²) in [6, 6.07) is 0.339. The molecule has 0 amide bonds. The lowest BCUT2D eigenvalue weighted by Crippen LogP contribution is -2.23. The second kappa shape index (κ2) is 5.51. The molecule has 0 aliphatic rings. The van der Waals surface area contributed by atoms with E-state index >= 15 is 0 Å². The van der Waals surface area contributed by atoms with E-state index in [-0.39, 0.29) is 6.61 Å². The first-order chi connectivity index (χ1) is 5.33. The molecule has 0 aromatic carbocycles. The Labute approximate surface area is 85.8 Å². The Bertz CT molecular complexity index is 171. The predicted molar refractivity (Wildman–Crippen MR) is 53.9 cm³/mol. The van der Waals surface area contributed by atoms with Crippen LogP contribution in [0.4, 0.5) is 0 Å². The topological polar surface area (TPSA) is 70.0 Å². The van der Waals surface area contributed by atoms with Crippen LogP contribution in [-0.4, -0.2) is 32.1 Å². The van der Waals surface area contributed by atoms with Crippen molar-refractivity contribution < 1.29 is 18.9 Å². The summed E-state index contributed by atoms with van der Waals surface area (Å²) < 4.78 is 16.4. The van der Waals surface area contributed by atoms with Gasteiger partial charge in [-0.15, -0.1) is 0 Å². The largest absolute Gasteiger partial charge is 0.469 e. The highest BCUT2D eigenvalue weighted by Crippen LogP contribution is 2.35. The van der Waals surface area contributed by atoms with Crippen LogP contribution in [0.1, 0.15) is 13.8 Å². The van der Waals surface area contributed by atoms with Crippen molar-refractivity contribution in [2.24, 2.45) is 0 Å². The van der Waals surface area contributed by atoms with E-state index in [0.717, 1.165) is 0 Å². The molecule has 0 atom stereocenters. The zero-order valence-corrected chi connectivity index (χ0v) is 10.0. The van der Waals surface area contributed by atoms with Crippen LogP contribution in [0.5, 0.6) is 0 Å². The van der Waals surface area contributed by atoms with Gasteiger partial charge in [0.2, 0.25) is 0 Å². The summed E-state index contributed by atoms with van der Waals surface area (Å²) in [5.41, 5.74) is 0. The van der Waals surface area contributed by atoms with Crippen molar-refractivity contribution in [3.63, 3.8) is 0 Å².